The maximum absolute atomic E-state index is 12.6. The van der Waals surface area contributed by atoms with Crippen LogP contribution in [0.25, 0.3) is 22.6 Å². The molecule has 2 bridgehead atoms. The van der Waals surface area contributed by atoms with Crippen molar-refractivity contribution in [2.75, 3.05) is 19.6 Å². The Bertz CT molecular complexity index is 977. The third-order valence-electron chi connectivity index (χ3n) is 6.00. The van der Waals surface area contributed by atoms with Crippen LogP contribution < -0.4 is 5.32 Å². The number of nitrogens with one attached hydrogen (secondary N) is 1. The molecule has 3 fully saturated rings. The van der Waals surface area contributed by atoms with Crippen LogP contribution in [0.1, 0.15) is 29.2 Å². The lowest BCUT2D eigenvalue weighted by Crippen LogP contribution is -2.57. The summed E-state index contributed by atoms with van der Waals surface area (Å²) < 4.78 is 11.5. The van der Waals surface area contributed by atoms with Crippen molar-refractivity contribution >= 4 is 5.91 Å². The number of hydrogen-bond donors (Lipinski definition) is 1. The van der Waals surface area contributed by atoms with Gasteiger partial charge >= 0.3 is 0 Å². The smallest absolute Gasteiger partial charge is 0.287 e. The van der Waals surface area contributed by atoms with Crippen LogP contribution in [0, 0.1) is 12.8 Å². The molecule has 0 spiro atoms. The van der Waals surface area contributed by atoms with Gasteiger partial charge in [0.1, 0.15) is 17.3 Å². The molecule has 0 saturated carbocycles. The van der Waals surface area contributed by atoms with Gasteiger partial charge in [0.2, 0.25) is 0 Å². The second-order valence-corrected chi connectivity index (χ2v) is 7.87. The number of nitrogens with zero attached hydrogens (tertiary/aromatic N) is 1. The van der Waals surface area contributed by atoms with Crippen molar-refractivity contribution in [3.8, 4) is 22.6 Å². The Morgan fingerprint density at radius 3 is 2.14 bits per heavy atom. The van der Waals surface area contributed by atoms with Crippen LogP contribution in [-0.4, -0.2) is 36.5 Å². The van der Waals surface area contributed by atoms with Crippen LogP contribution in [0.4, 0.5) is 0 Å². The molecule has 3 aliphatic heterocycles. The zero-order chi connectivity index (χ0) is 19.1. The Morgan fingerprint density at radius 1 is 0.929 bits per heavy atom. The van der Waals surface area contributed by atoms with Gasteiger partial charge in [0.25, 0.3) is 5.91 Å². The highest BCUT2D eigenvalue weighted by atomic mass is 16.4. The number of fused-ring (bicyclic) bond motifs is 3. The quantitative estimate of drug-likeness (QED) is 0.736. The van der Waals surface area contributed by atoms with Crippen LogP contribution >= 0.6 is 0 Å². The minimum absolute atomic E-state index is 0.118. The largest absolute Gasteiger partial charge is 0.461 e. The van der Waals surface area contributed by atoms with Crippen molar-refractivity contribution in [2.24, 2.45) is 5.92 Å². The van der Waals surface area contributed by atoms with E-state index in [4.69, 9.17) is 8.83 Å². The van der Waals surface area contributed by atoms with E-state index in [9.17, 15) is 4.79 Å². The highest BCUT2D eigenvalue weighted by molar-refractivity contribution is 5.92. The third kappa shape index (κ3) is 3.27. The first-order chi connectivity index (χ1) is 13.7. The summed E-state index contributed by atoms with van der Waals surface area (Å²) in [7, 11) is 0. The van der Waals surface area contributed by atoms with E-state index in [0.717, 1.165) is 42.3 Å². The van der Waals surface area contributed by atoms with Crippen LogP contribution in [0.5, 0.6) is 0 Å². The van der Waals surface area contributed by atoms with Gasteiger partial charge < -0.3 is 19.1 Å². The Hall–Kier alpha value is -2.79. The van der Waals surface area contributed by atoms with E-state index in [0.29, 0.717) is 17.4 Å². The summed E-state index contributed by atoms with van der Waals surface area (Å²) in [6, 6.07) is 15.8. The number of aryl methyl sites for hydroxylation is 1. The van der Waals surface area contributed by atoms with E-state index in [1.807, 2.05) is 49.4 Å². The highest BCUT2D eigenvalue weighted by Gasteiger charge is 2.35. The second kappa shape index (κ2) is 6.99. The molecule has 3 aliphatic rings. The Labute approximate surface area is 164 Å². The summed E-state index contributed by atoms with van der Waals surface area (Å²) in [5.74, 6) is 3.29. The van der Waals surface area contributed by atoms with Crippen molar-refractivity contribution < 1.29 is 13.6 Å². The molecule has 0 unspecified atom stereocenters. The van der Waals surface area contributed by atoms with Crippen molar-refractivity contribution in [1.29, 1.82) is 0 Å². The Balaban J connectivity index is 1.28. The van der Waals surface area contributed by atoms with Gasteiger partial charge in [0.15, 0.2) is 5.76 Å². The fourth-order valence-electron chi connectivity index (χ4n) is 4.37. The Kier molecular flexibility index (Phi) is 4.32. The average Bonchev–Trinajstić information content (AvgIpc) is 3.39. The molecule has 1 atom stereocenters. The van der Waals surface area contributed by atoms with Crippen molar-refractivity contribution in [2.45, 2.75) is 25.8 Å². The van der Waals surface area contributed by atoms with Gasteiger partial charge in [-0.2, -0.15) is 0 Å². The number of piperidine rings is 3. The average molecular weight is 376 g/mol. The zero-order valence-corrected chi connectivity index (χ0v) is 16.0. The van der Waals surface area contributed by atoms with E-state index in [2.05, 4.69) is 10.2 Å². The molecule has 0 aliphatic carbocycles. The lowest BCUT2D eigenvalue weighted by Gasteiger charge is -2.44. The van der Waals surface area contributed by atoms with Gasteiger partial charge in [0.05, 0.1) is 0 Å². The van der Waals surface area contributed by atoms with Crippen LogP contribution in [0.3, 0.4) is 0 Å². The molecule has 144 valence electrons. The molecular weight excluding hydrogens is 352 g/mol. The molecule has 0 radical (unpaired) electrons. The number of furan rings is 2. The summed E-state index contributed by atoms with van der Waals surface area (Å²) in [6.07, 6.45) is 2.35. The van der Waals surface area contributed by atoms with E-state index >= 15 is 0 Å². The van der Waals surface area contributed by atoms with Crippen LogP contribution in [0.15, 0.2) is 57.4 Å². The summed E-state index contributed by atoms with van der Waals surface area (Å²) in [6.45, 7) is 5.21. The number of amides is 1. The maximum Gasteiger partial charge on any atom is 0.287 e. The lowest BCUT2D eigenvalue weighted by molar-refractivity contribution is 0.0606. The molecule has 6 rings (SSSR count). The van der Waals surface area contributed by atoms with Gasteiger partial charge in [-0.15, -0.1) is 0 Å². The van der Waals surface area contributed by atoms with Gasteiger partial charge in [0, 0.05) is 23.7 Å². The minimum Gasteiger partial charge on any atom is -0.461 e. The molecule has 5 nitrogen and oxygen atoms in total. The fraction of sp³-hybridized carbons (Fsp3) is 0.348. The summed E-state index contributed by atoms with van der Waals surface area (Å²) in [4.78, 5) is 15.1. The van der Waals surface area contributed by atoms with Crippen molar-refractivity contribution in [3.63, 3.8) is 0 Å². The molecule has 3 saturated heterocycles. The molecule has 5 heterocycles. The second-order valence-electron chi connectivity index (χ2n) is 7.87. The molecule has 3 aromatic rings. The van der Waals surface area contributed by atoms with Crippen molar-refractivity contribution in [3.05, 3.63) is 60.1 Å². The third-order valence-corrected chi connectivity index (χ3v) is 6.00. The summed E-state index contributed by atoms with van der Waals surface area (Å²) in [5, 5.41) is 3.18. The lowest BCUT2D eigenvalue weighted by atomic mass is 9.84. The van der Waals surface area contributed by atoms with Gasteiger partial charge in [-0.1, -0.05) is 24.3 Å². The van der Waals surface area contributed by atoms with E-state index in [-0.39, 0.29) is 11.9 Å². The monoisotopic (exact) mass is 376 g/mol. The highest BCUT2D eigenvalue weighted by Crippen LogP contribution is 2.29. The summed E-state index contributed by atoms with van der Waals surface area (Å²) in [5.41, 5.74) is 1.96. The molecule has 5 heteroatoms. The number of carbonyl (C=O) groups excluding carboxylic acids is 1. The normalized spacial score (nSPS) is 23.7. The number of benzene rings is 1. The topological polar surface area (TPSA) is 58.6 Å². The van der Waals surface area contributed by atoms with Crippen LogP contribution in [-0.2, 0) is 0 Å². The molecule has 28 heavy (non-hydrogen) atoms. The first kappa shape index (κ1) is 17.3. The van der Waals surface area contributed by atoms with E-state index < -0.39 is 0 Å². The maximum atomic E-state index is 12.6. The van der Waals surface area contributed by atoms with Gasteiger partial charge in [-0.25, -0.2) is 0 Å². The predicted molar refractivity (Wildman–Crippen MR) is 107 cm³/mol. The van der Waals surface area contributed by atoms with Gasteiger partial charge in [-0.05, 0) is 63.0 Å². The van der Waals surface area contributed by atoms with E-state index in [1.165, 1.54) is 12.8 Å². The molecule has 1 amide bonds. The predicted octanol–water partition coefficient (Wildman–Crippen LogP) is 4.34. The first-order valence-corrected chi connectivity index (χ1v) is 9.96. The van der Waals surface area contributed by atoms with Crippen LogP contribution in [0.2, 0.25) is 0 Å². The summed E-state index contributed by atoms with van der Waals surface area (Å²) >= 11 is 0. The standard InChI is InChI=1S/C23H24N2O3/c1-15-2-7-20(27-15)17-3-5-18(6-4-17)21-8-9-22(28-21)23(26)24-19-14-25-12-10-16(19)11-13-25/h2-9,16,19H,10-14H2,1H3,(H,24,26)/t19-/m0/s1. The van der Waals surface area contributed by atoms with E-state index in [1.54, 1.807) is 6.07 Å². The molecule has 1 N–H and O–H groups in total. The first-order valence-electron chi connectivity index (χ1n) is 9.96. The fourth-order valence-corrected chi connectivity index (χ4v) is 4.37. The molecule has 1 aromatic carbocycles. The SMILES string of the molecule is Cc1ccc(-c2ccc(-c3ccc(C(=O)N[C@H]4CN5CCC4CC5)o3)cc2)o1. The number of hydrogen-bond acceptors (Lipinski definition) is 4. The number of rotatable bonds is 4. The number of carbonyl (C=O) groups is 1. The Morgan fingerprint density at radius 2 is 1.57 bits per heavy atom. The van der Waals surface area contributed by atoms with Crippen molar-refractivity contribution in [1.82, 2.24) is 10.2 Å². The van der Waals surface area contributed by atoms with Gasteiger partial charge in [-0.3, -0.25) is 4.79 Å². The zero-order valence-electron chi connectivity index (χ0n) is 16.0. The molecule has 2 aromatic heterocycles. The minimum atomic E-state index is -0.118. The molecular formula is C23H24N2O3.